The van der Waals surface area contributed by atoms with Crippen molar-refractivity contribution in [3.63, 3.8) is 0 Å². The lowest BCUT2D eigenvalue weighted by molar-refractivity contribution is 0.0972. The maximum Gasteiger partial charge on any atom is 0.164 e. The Bertz CT molecular complexity index is 625. The van der Waals surface area contributed by atoms with E-state index in [4.69, 9.17) is 0 Å². The molecule has 18 heavy (non-hydrogen) atoms. The van der Waals surface area contributed by atoms with E-state index in [0.29, 0.717) is 6.42 Å². The maximum atomic E-state index is 11.8. The summed E-state index contributed by atoms with van der Waals surface area (Å²) in [6, 6.07) is 6.03. The fraction of sp³-hybridized carbons (Fsp3) is 0.333. The van der Waals surface area contributed by atoms with Gasteiger partial charge in [-0.15, -0.1) is 0 Å². The van der Waals surface area contributed by atoms with E-state index in [1.807, 2.05) is 32.2 Å². The molecule has 92 valence electrons. The number of carbonyl (C=O) groups excluding carboxylic acids is 1. The number of rotatable bonds is 1. The van der Waals surface area contributed by atoms with Crippen LogP contribution >= 0.6 is 0 Å². The number of fused-ring (bicyclic) bond motifs is 1. The van der Waals surface area contributed by atoms with Gasteiger partial charge in [0.05, 0.1) is 11.4 Å². The van der Waals surface area contributed by atoms with Gasteiger partial charge in [-0.05, 0) is 44.9 Å². The van der Waals surface area contributed by atoms with E-state index in [-0.39, 0.29) is 5.78 Å². The molecule has 0 saturated carbocycles. The SMILES string of the molecule is Cc1ccc(-n2ccc3c2CCCC3=O)c(C)n1. The normalized spacial score (nSPS) is 14.7. The number of Topliss-reactive ketones (excluding diaryl/α,β-unsaturated/α-hetero) is 1. The lowest BCUT2D eigenvalue weighted by atomic mass is 9.96. The Morgan fingerprint density at radius 2 is 2.00 bits per heavy atom. The van der Waals surface area contributed by atoms with Gasteiger partial charge in [0.1, 0.15) is 0 Å². The third-order valence-electron chi connectivity index (χ3n) is 3.57. The fourth-order valence-electron chi connectivity index (χ4n) is 2.68. The van der Waals surface area contributed by atoms with E-state index < -0.39 is 0 Å². The van der Waals surface area contributed by atoms with Gasteiger partial charge in [-0.25, -0.2) is 0 Å². The summed E-state index contributed by atoms with van der Waals surface area (Å²) in [6.45, 7) is 4.00. The highest BCUT2D eigenvalue weighted by molar-refractivity contribution is 5.98. The quantitative estimate of drug-likeness (QED) is 0.768. The van der Waals surface area contributed by atoms with E-state index in [1.54, 1.807) is 0 Å². The Morgan fingerprint density at radius 3 is 2.78 bits per heavy atom. The summed E-state index contributed by atoms with van der Waals surface area (Å²) in [6.07, 6.45) is 4.60. The summed E-state index contributed by atoms with van der Waals surface area (Å²) in [7, 11) is 0. The van der Waals surface area contributed by atoms with Crippen LogP contribution in [0.5, 0.6) is 0 Å². The van der Waals surface area contributed by atoms with Gasteiger partial charge in [0.2, 0.25) is 0 Å². The van der Waals surface area contributed by atoms with E-state index in [9.17, 15) is 4.79 Å². The second-order valence-corrected chi connectivity index (χ2v) is 4.88. The van der Waals surface area contributed by atoms with Crippen molar-refractivity contribution in [1.82, 2.24) is 9.55 Å². The van der Waals surface area contributed by atoms with Crippen LogP contribution in [0.2, 0.25) is 0 Å². The van der Waals surface area contributed by atoms with Crippen LogP contribution in [0.15, 0.2) is 24.4 Å². The largest absolute Gasteiger partial charge is 0.318 e. The Balaban J connectivity index is 2.15. The van der Waals surface area contributed by atoms with Crippen molar-refractivity contribution in [2.75, 3.05) is 0 Å². The predicted octanol–water partition coefficient (Wildman–Crippen LogP) is 3.01. The average molecular weight is 240 g/mol. The summed E-state index contributed by atoms with van der Waals surface area (Å²) < 4.78 is 2.12. The molecule has 2 aromatic heterocycles. The molecule has 0 saturated heterocycles. The van der Waals surface area contributed by atoms with Crippen LogP contribution in [0, 0.1) is 13.8 Å². The first kappa shape index (κ1) is 11.2. The zero-order valence-electron chi connectivity index (χ0n) is 10.7. The average Bonchev–Trinajstić information content (AvgIpc) is 2.74. The van der Waals surface area contributed by atoms with Crippen molar-refractivity contribution in [1.29, 1.82) is 0 Å². The molecule has 0 atom stereocenters. The Kier molecular flexibility index (Phi) is 2.54. The summed E-state index contributed by atoms with van der Waals surface area (Å²) in [5.41, 5.74) is 5.14. The second-order valence-electron chi connectivity index (χ2n) is 4.88. The molecule has 0 spiro atoms. The summed E-state index contributed by atoms with van der Waals surface area (Å²) in [5, 5.41) is 0. The Labute approximate surface area is 106 Å². The summed E-state index contributed by atoms with van der Waals surface area (Å²) in [5.74, 6) is 0.271. The van der Waals surface area contributed by atoms with Crippen LogP contribution in [-0.4, -0.2) is 15.3 Å². The Morgan fingerprint density at radius 1 is 1.17 bits per heavy atom. The topological polar surface area (TPSA) is 34.9 Å². The molecular formula is C15H16N2O. The number of carbonyl (C=O) groups is 1. The number of aryl methyl sites for hydroxylation is 2. The zero-order chi connectivity index (χ0) is 12.7. The molecule has 3 nitrogen and oxygen atoms in total. The number of hydrogen-bond donors (Lipinski definition) is 0. The molecule has 3 heteroatoms. The van der Waals surface area contributed by atoms with Crippen LogP contribution < -0.4 is 0 Å². The van der Waals surface area contributed by atoms with Crippen molar-refractivity contribution >= 4 is 5.78 Å². The van der Waals surface area contributed by atoms with E-state index in [0.717, 1.165) is 41.2 Å². The van der Waals surface area contributed by atoms with E-state index in [2.05, 4.69) is 15.6 Å². The number of nitrogens with zero attached hydrogens (tertiary/aromatic N) is 2. The lowest BCUT2D eigenvalue weighted by Crippen LogP contribution is -2.13. The van der Waals surface area contributed by atoms with Crippen molar-refractivity contribution in [2.24, 2.45) is 0 Å². The molecular weight excluding hydrogens is 224 g/mol. The van der Waals surface area contributed by atoms with Gasteiger partial charge in [0.15, 0.2) is 5.78 Å². The number of aromatic nitrogens is 2. The molecule has 3 rings (SSSR count). The van der Waals surface area contributed by atoms with Gasteiger partial charge in [0, 0.05) is 29.6 Å². The third kappa shape index (κ3) is 1.67. The van der Waals surface area contributed by atoms with Crippen molar-refractivity contribution in [3.05, 3.63) is 47.0 Å². The molecule has 0 unspecified atom stereocenters. The monoisotopic (exact) mass is 240 g/mol. The summed E-state index contributed by atoms with van der Waals surface area (Å²) in [4.78, 5) is 16.3. The van der Waals surface area contributed by atoms with Crippen molar-refractivity contribution in [3.8, 4) is 5.69 Å². The highest BCUT2D eigenvalue weighted by Crippen LogP contribution is 2.26. The minimum Gasteiger partial charge on any atom is -0.318 e. The van der Waals surface area contributed by atoms with Crippen molar-refractivity contribution < 1.29 is 4.79 Å². The molecule has 0 radical (unpaired) electrons. The number of ketones is 1. The molecule has 1 aliphatic carbocycles. The molecule has 0 bridgehead atoms. The van der Waals surface area contributed by atoms with E-state index >= 15 is 0 Å². The molecule has 2 aromatic rings. The molecule has 1 aliphatic rings. The van der Waals surface area contributed by atoms with Crippen LogP contribution in [0.4, 0.5) is 0 Å². The smallest absolute Gasteiger partial charge is 0.164 e. The molecule has 0 aliphatic heterocycles. The van der Waals surface area contributed by atoms with Gasteiger partial charge in [-0.1, -0.05) is 0 Å². The first-order chi connectivity index (χ1) is 8.66. The van der Waals surface area contributed by atoms with Gasteiger partial charge in [0.25, 0.3) is 0 Å². The Hall–Kier alpha value is -1.90. The predicted molar refractivity (Wildman–Crippen MR) is 70.3 cm³/mol. The third-order valence-corrected chi connectivity index (χ3v) is 3.57. The standard InChI is InChI=1S/C15H16N2O/c1-10-6-7-13(11(2)16-10)17-9-8-12-14(17)4-3-5-15(12)18/h6-9H,3-5H2,1-2H3. The van der Waals surface area contributed by atoms with Gasteiger partial charge in [-0.3, -0.25) is 9.78 Å². The molecule has 0 amide bonds. The first-order valence-electron chi connectivity index (χ1n) is 6.35. The number of pyridine rings is 1. The highest BCUT2D eigenvalue weighted by Gasteiger charge is 2.21. The second kappa shape index (κ2) is 4.09. The molecule has 2 heterocycles. The van der Waals surface area contributed by atoms with Gasteiger partial charge in [-0.2, -0.15) is 0 Å². The zero-order valence-corrected chi connectivity index (χ0v) is 10.7. The van der Waals surface area contributed by atoms with Crippen LogP contribution in [-0.2, 0) is 6.42 Å². The number of hydrogen-bond acceptors (Lipinski definition) is 2. The minimum atomic E-state index is 0.271. The van der Waals surface area contributed by atoms with Crippen molar-refractivity contribution in [2.45, 2.75) is 33.1 Å². The molecule has 0 N–H and O–H groups in total. The highest BCUT2D eigenvalue weighted by atomic mass is 16.1. The van der Waals surface area contributed by atoms with E-state index in [1.165, 1.54) is 0 Å². The van der Waals surface area contributed by atoms with Crippen LogP contribution in [0.3, 0.4) is 0 Å². The fourth-order valence-corrected chi connectivity index (χ4v) is 2.68. The van der Waals surface area contributed by atoms with Gasteiger partial charge >= 0.3 is 0 Å². The lowest BCUT2D eigenvalue weighted by Gasteiger charge is -2.16. The summed E-state index contributed by atoms with van der Waals surface area (Å²) >= 11 is 0. The first-order valence-corrected chi connectivity index (χ1v) is 6.35. The molecule has 0 fully saturated rings. The maximum absolute atomic E-state index is 11.8. The minimum absolute atomic E-state index is 0.271. The van der Waals surface area contributed by atoms with Crippen LogP contribution in [0.25, 0.3) is 5.69 Å². The molecule has 0 aromatic carbocycles. The van der Waals surface area contributed by atoms with Gasteiger partial charge < -0.3 is 4.57 Å². The van der Waals surface area contributed by atoms with Crippen LogP contribution in [0.1, 0.15) is 40.3 Å².